The minimum absolute atomic E-state index is 0.0982. The van der Waals surface area contributed by atoms with Crippen molar-refractivity contribution in [2.75, 3.05) is 4.72 Å². The van der Waals surface area contributed by atoms with Crippen molar-refractivity contribution in [1.29, 1.82) is 0 Å². The Bertz CT molecular complexity index is 604. The highest BCUT2D eigenvalue weighted by molar-refractivity contribution is 9.10. The summed E-state index contributed by atoms with van der Waals surface area (Å²) in [6, 6.07) is 0. The second-order valence-corrected chi connectivity index (χ2v) is 7.12. The van der Waals surface area contributed by atoms with Crippen LogP contribution in [0.2, 0.25) is 0 Å². The summed E-state index contributed by atoms with van der Waals surface area (Å²) >= 11 is 3.23. The number of nitrogens with one attached hydrogen (secondary N) is 1. The Morgan fingerprint density at radius 3 is 2.56 bits per heavy atom. The number of hydrogen-bond acceptors (Lipinski definition) is 4. The molecular formula is C11H13BrN2O3S. The molecule has 1 aromatic heterocycles. The fraction of sp³-hybridized carbons (Fsp3) is 0.364. The van der Waals surface area contributed by atoms with E-state index in [0.717, 1.165) is 6.42 Å². The monoisotopic (exact) mass is 332 g/mol. The third kappa shape index (κ3) is 2.24. The average Bonchev–Trinajstić information content (AvgIpc) is 2.61. The van der Waals surface area contributed by atoms with Crippen molar-refractivity contribution in [3.63, 3.8) is 0 Å². The van der Waals surface area contributed by atoms with Crippen molar-refractivity contribution in [1.82, 2.24) is 5.16 Å². The Kier molecular flexibility index (Phi) is 3.37. The summed E-state index contributed by atoms with van der Waals surface area (Å²) in [5.74, 6) is 0.0982. The lowest BCUT2D eigenvalue weighted by Crippen LogP contribution is -2.36. The third-order valence-electron chi connectivity index (χ3n) is 2.77. The van der Waals surface area contributed by atoms with Crippen LogP contribution >= 0.6 is 15.9 Å². The summed E-state index contributed by atoms with van der Waals surface area (Å²) < 4.78 is 31.4. The number of hydrogen-bond donors (Lipinski definition) is 1. The zero-order valence-corrected chi connectivity index (χ0v) is 12.4. The summed E-state index contributed by atoms with van der Waals surface area (Å²) in [7, 11) is -3.63. The van der Waals surface area contributed by atoms with E-state index in [1.807, 2.05) is 12.2 Å². The second-order valence-electron chi connectivity index (χ2n) is 4.24. The van der Waals surface area contributed by atoms with Crippen LogP contribution in [0.25, 0.3) is 0 Å². The topological polar surface area (TPSA) is 72.2 Å². The van der Waals surface area contributed by atoms with Gasteiger partial charge in [-0.2, -0.15) is 0 Å². The van der Waals surface area contributed by atoms with Gasteiger partial charge >= 0.3 is 0 Å². The van der Waals surface area contributed by atoms with Gasteiger partial charge in [-0.1, -0.05) is 29.5 Å². The highest BCUT2D eigenvalue weighted by atomic mass is 79.9. The molecule has 98 valence electrons. The van der Waals surface area contributed by atoms with Gasteiger partial charge in [0.2, 0.25) is 10.0 Å². The summed E-state index contributed by atoms with van der Waals surface area (Å²) in [5.41, 5.74) is 0.590. The Labute approximate surface area is 114 Å². The number of nitrogens with zero attached hydrogens (tertiary/aromatic N) is 1. The molecule has 0 unspecified atom stereocenters. The largest absolute Gasteiger partial charge is 0.336 e. The van der Waals surface area contributed by atoms with Gasteiger partial charge in [0.25, 0.3) is 5.88 Å². The Morgan fingerprint density at radius 2 is 2.06 bits per heavy atom. The lowest BCUT2D eigenvalue weighted by Gasteiger charge is -2.24. The quantitative estimate of drug-likeness (QED) is 0.864. The van der Waals surface area contributed by atoms with Crippen molar-refractivity contribution in [2.24, 2.45) is 0 Å². The Morgan fingerprint density at radius 1 is 1.44 bits per heavy atom. The van der Waals surface area contributed by atoms with Gasteiger partial charge in [0.15, 0.2) is 0 Å². The van der Waals surface area contributed by atoms with Crippen LogP contribution in [0.4, 0.5) is 5.88 Å². The van der Waals surface area contributed by atoms with E-state index in [9.17, 15) is 8.42 Å². The summed E-state index contributed by atoms with van der Waals surface area (Å²) in [6.45, 7) is 3.34. The Hall–Kier alpha value is -1.08. The first-order valence-corrected chi connectivity index (χ1v) is 7.63. The van der Waals surface area contributed by atoms with Gasteiger partial charge in [0.1, 0.15) is 9.22 Å². The molecule has 1 aliphatic carbocycles. The molecule has 1 N–H and O–H groups in total. The molecule has 1 aromatic rings. The van der Waals surface area contributed by atoms with E-state index < -0.39 is 14.8 Å². The molecule has 5 nitrogen and oxygen atoms in total. The maximum atomic E-state index is 12.3. The zero-order valence-electron chi connectivity index (χ0n) is 9.97. The minimum Gasteiger partial charge on any atom is -0.336 e. The fourth-order valence-electron chi connectivity index (χ4n) is 1.57. The molecule has 7 heteroatoms. The van der Waals surface area contributed by atoms with E-state index in [4.69, 9.17) is 4.52 Å². The molecule has 0 bridgehead atoms. The highest BCUT2D eigenvalue weighted by Gasteiger charge is 2.36. The predicted octanol–water partition coefficient (Wildman–Crippen LogP) is 2.76. The van der Waals surface area contributed by atoms with Crippen LogP contribution in [0.3, 0.4) is 0 Å². The molecule has 0 aromatic carbocycles. The van der Waals surface area contributed by atoms with Crippen LogP contribution in [0.5, 0.6) is 0 Å². The zero-order chi connectivity index (χ0) is 13.4. The Balaban J connectivity index is 2.33. The molecule has 0 saturated heterocycles. The molecule has 0 aliphatic heterocycles. The average molecular weight is 333 g/mol. The predicted molar refractivity (Wildman–Crippen MR) is 72.8 cm³/mol. The van der Waals surface area contributed by atoms with Gasteiger partial charge in [-0.05, 0) is 36.2 Å². The maximum Gasteiger partial charge on any atom is 0.252 e. The number of aromatic nitrogens is 1. The lowest BCUT2D eigenvalue weighted by molar-refractivity contribution is 0.430. The van der Waals surface area contributed by atoms with Gasteiger partial charge < -0.3 is 4.52 Å². The lowest BCUT2D eigenvalue weighted by atomic mass is 10.1. The summed E-state index contributed by atoms with van der Waals surface area (Å²) in [4.78, 5) is 0. The first-order chi connectivity index (χ1) is 8.36. The molecule has 0 saturated carbocycles. The highest BCUT2D eigenvalue weighted by Crippen LogP contribution is 2.31. The van der Waals surface area contributed by atoms with E-state index >= 15 is 0 Å². The van der Waals surface area contributed by atoms with Crippen molar-refractivity contribution in [3.8, 4) is 0 Å². The van der Waals surface area contributed by atoms with Gasteiger partial charge in [-0.3, -0.25) is 0 Å². The molecule has 1 aliphatic rings. The van der Waals surface area contributed by atoms with E-state index in [1.54, 1.807) is 26.0 Å². The van der Waals surface area contributed by atoms with Crippen LogP contribution < -0.4 is 4.72 Å². The molecule has 1 heterocycles. The second kappa shape index (κ2) is 4.55. The van der Waals surface area contributed by atoms with E-state index in [1.165, 1.54) is 0 Å². The molecule has 0 spiro atoms. The van der Waals surface area contributed by atoms with Crippen LogP contribution in [-0.4, -0.2) is 18.3 Å². The van der Waals surface area contributed by atoms with Crippen molar-refractivity contribution in [3.05, 3.63) is 34.5 Å². The molecule has 0 radical (unpaired) electrons. The van der Waals surface area contributed by atoms with Gasteiger partial charge in [0.05, 0.1) is 5.69 Å². The SMILES string of the molecule is Cc1noc(NS(=O)(=O)C2(C)C=CCC=C2)c1Br. The van der Waals surface area contributed by atoms with Crippen LogP contribution in [0, 0.1) is 6.92 Å². The van der Waals surface area contributed by atoms with Crippen LogP contribution in [0.15, 0.2) is 33.3 Å². The van der Waals surface area contributed by atoms with Gasteiger partial charge in [-0.25, -0.2) is 13.1 Å². The smallest absolute Gasteiger partial charge is 0.252 e. The minimum atomic E-state index is -3.63. The van der Waals surface area contributed by atoms with Crippen LogP contribution in [-0.2, 0) is 10.0 Å². The van der Waals surface area contributed by atoms with Crippen LogP contribution in [0.1, 0.15) is 19.0 Å². The number of rotatable bonds is 3. The standard InChI is InChI=1S/C11H13BrN2O3S/c1-8-9(12)10(17-13-8)14-18(15,16)11(2)6-4-3-5-7-11/h4-7,14H,3H2,1-2H3. The molecule has 0 amide bonds. The summed E-state index contributed by atoms with van der Waals surface area (Å²) in [6.07, 6.45) is 7.70. The number of halogens is 1. The molecule has 18 heavy (non-hydrogen) atoms. The molecule has 0 fully saturated rings. The number of allylic oxidation sites excluding steroid dienone is 2. The fourth-order valence-corrected chi connectivity index (χ4v) is 3.10. The number of anilines is 1. The maximum absolute atomic E-state index is 12.3. The summed E-state index contributed by atoms with van der Waals surface area (Å²) in [5, 5.41) is 3.68. The van der Waals surface area contributed by atoms with E-state index in [-0.39, 0.29) is 5.88 Å². The molecule has 0 atom stereocenters. The van der Waals surface area contributed by atoms with Gasteiger partial charge in [-0.15, -0.1) is 0 Å². The van der Waals surface area contributed by atoms with E-state index in [0.29, 0.717) is 10.2 Å². The van der Waals surface area contributed by atoms with Crippen molar-refractivity contribution < 1.29 is 12.9 Å². The molecular weight excluding hydrogens is 320 g/mol. The van der Waals surface area contributed by atoms with E-state index in [2.05, 4.69) is 25.8 Å². The third-order valence-corrected chi connectivity index (χ3v) is 5.58. The first kappa shape index (κ1) is 13.4. The normalized spacial score (nSPS) is 17.9. The van der Waals surface area contributed by atoms with Crippen molar-refractivity contribution in [2.45, 2.75) is 25.0 Å². The first-order valence-electron chi connectivity index (χ1n) is 5.35. The molecule has 2 rings (SSSR count). The number of aryl methyl sites for hydroxylation is 1. The van der Waals surface area contributed by atoms with Gasteiger partial charge in [0, 0.05) is 0 Å². The number of sulfonamides is 1. The van der Waals surface area contributed by atoms with Crippen molar-refractivity contribution >= 4 is 31.8 Å².